The highest BCUT2D eigenvalue weighted by Gasteiger charge is 2.29. The summed E-state index contributed by atoms with van der Waals surface area (Å²) in [7, 11) is 0. The maximum absolute atomic E-state index is 13.1. The van der Waals surface area contributed by atoms with Crippen molar-refractivity contribution < 1.29 is 28.7 Å². The fourth-order valence-corrected chi connectivity index (χ4v) is 4.71. The number of pyridine rings is 1. The van der Waals surface area contributed by atoms with E-state index in [4.69, 9.17) is 4.74 Å². The zero-order valence-corrected chi connectivity index (χ0v) is 25.0. The van der Waals surface area contributed by atoms with Gasteiger partial charge >= 0.3 is 5.97 Å². The number of carbonyl (C=O) groups is 5. The number of rotatable bonds is 11. The van der Waals surface area contributed by atoms with Crippen molar-refractivity contribution in [2.45, 2.75) is 90.8 Å². The van der Waals surface area contributed by atoms with Crippen molar-refractivity contribution in [3.63, 3.8) is 0 Å². The standard InChI is InChI=1S/C30H42N4O6S/c1-5-6-7-8-9-16-26(36)41-17-11-10-14-23-18-25(35)31-19-22-13-12-15-24(33-22)29(38)32-21(4)28(37)34-27(20(2)3)30(39)40-23/h10,12-15,20,23,27H,4-9,11,16-19H2,1-3H3,(H,31,35)(H,32,38)(H,34,37)/b14-10+/t23-,27+/m1/s1. The predicted octanol–water partition coefficient (Wildman–Crippen LogP) is 3.96. The third-order valence-corrected chi connectivity index (χ3v) is 7.25. The number of carbonyl (C=O) groups excluding carboxylic acids is 5. The van der Waals surface area contributed by atoms with E-state index in [1.54, 1.807) is 38.1 Å². The fraction of sp³-hybridized carbons (Fsp3) is 0.533. The summed E-state index contributed by atoms with van der Waals surface area (Å²) >= 11 is 1.28. The van der Waals surface area contributed by atoms with Gasteiger partial charge in [0.25, 0.3) is 11.8 Å². The van der Waals surface area contributed by atoms with Crippen molar-refractivity contribution in [2.24, 2.45) is 5.92 Å². The highest BCUT2D eigenvalue weighted by Crippen LogP contribution is 2.14. The smallest absolute Gasteiger partial charge is 0.329 e. The second kappa shape index (κ2) is 18.1. The van der Waals surface area contributed by atoms with E-state index in [0.717, 1.165) is 19.3 Å². The monoisotopic (exact) mass is 586 g/mol. The summed E-state index contributed by atoms with van der Waals surface area (Å²) in [6.45, 7) is 9.29. The molecule has 10 nitrogen and oxygen atoms in total. The molecule has 1 aliphatic heterocycles. The van der Waals surface area contributed by atoms with Crippen molar-refractivity contribution in [3.05, 3.63) is 54.0 Å². The lowest BCUT2D eigenvalue weighted by Gasteiger charge is -2.24. The molecule has 0 aromatic carbocycles. The molecule has 2 bridgehead atoms. The van der Waals surface area contributed by atoms with Crippen molar-refractivity contribution in [1.29, 1.82) is 0 Å². The van der Waals surface area contributed by atoms with E-state index in [9.17, 15) is 24.0 Å². The number of nitrogens with zero attached hydrogens (tertiary/aromatic N) is 1. The van der Waals surface area contributed by atoms with E-state index in [-0.39, 0.29) is 41.3 Å². The molecule has 0 saturated carbocycles. The van der Waals surface area contributed by atoms with Crippen LogP contribution in [-0.2, 0) is 30.5 Å². The van der Waals surface area contributed by atoms with Gasteiger partial charge in [-0.05, 0) is 37.0 Å². The van der Waals surface area contributed by atoms with Gasteiger partial charge < -0.3 is 20.7 Å². The lowest BCUT2D eigenvalue weighted by Crippen LogP contribution is -2.48. The van der Waals surface area contributed by atoms with Crippen molar-refractivity contribution >= 4 is 40.6 Å². The van der Waals surface area contributed by atoms with Crippen LogP contribution in [0.5, 0.6) is 0 Å². The molecular weight excluding hydrogens is 544 g/mol. The molecular formula is C30H42N4O6S. The van der Waals surface area contributed by atoms with Crippen LogP contribution >= 0.6 is 11.8 Å². The summed E-state index contributed by atoms with van der Waals surface area (Å²) in [4.78, 5) is 67.4. The van der Waals surface area contributed by atoms with E-state index < -0.39 is 29.9 Å². The number of cyclic esters (lactones) is 1. The van der Waals surface area contributed by atoms with E-state index in [1.165, 1.54) is 30.7 Å². The molecule has 1 aromatic heterocycles. The Balaban J connectivity index is 2.09. The van der Waals surface area contributed by atoms with E-state index in [1.807, 2.05) is 0 Å². The van der Waals surface area contributed by atoms with Crippen LogP contribution in [0, 0.1) is 5.92 Å². The van der Waals surface area contributed by atoms with Crippen LogP contribution in [-0.4, -0.2) is 51.7 Å². The Hall–Kier alpha value is -3.47. The molecule has 1 aromatic rings. The minimum absolute atomic E-state index is 0.0475. The van der Waals surface area contributed by atoms with Gasteiger partial charge in [-0.15, -0.1) is 0 Å². The highest BCUT2D eigenvalue weighted by atomic mass is 32.2. The number of amides is 3. The molecule has 3 amide bonds. The van der Waals surface area contributed by atoms with Gasteiger partial charge in [-0.2, -0.15) is 0 Å². The summed E-state index contributed by atoms with van der Waals surface area (Å²) in [5.74, 6) is -2.27. The van der Waals surface area contributed by atoms with Gasteiger partial charge in [-0.1, -0.05) is 76.9 Å². The van der Waals surface area contributed by atoms with Crippen LogP contribution in [0.4, 0.5) is 0 Å². The predicted molar refractivity (Wildman–Crippen MR) is 159 cm³/mol. The quantitative estimate of drug-likeness (QED) is 0.153. The van der Waals surface area contributed by atoms with Crippen molar-refractivity contribution in [2.75, 3.05) is 5.75 Å². The first kappa shape index (κ1) is 33.7. The van der Waals surface area contributed by atoms with Crippen LogP contribution in [0.25, 0.3) is 0 Å². The van der Waals surface area contributed by atoms with Gasteiger partial charge in [0.1, 0.15) is 17.8 Å². The Kier molecular flexibility index (Phi) is 14.9. The maximum Gasteiger partial charge on any atom is 0.329 e. The Bertz CT molecular complexity index is 1120. The van der Waals surface area contributed by atoms with Gasteiger partial charge in [0.2, 0.25) is 5.91 Å². The minimum atomic E-state index is -1.05. The van der Waals surface area contributed by atoms with Gasteiger partial charge in [0.15, 0.2) is 5.12 Å². The summed E-state index contributed by atoms with van der Waals surface area (Å²) in [5, 5.41) is 7.85. The minimum Gasteiger partial charge on any atom is -0.456 e. The number of hydrogen-bond acceptors (Lipinski definition) is 8. The number of thioether (sulfide) groups is 1. The molecule has 0 saturated heterocycles. The molecule has 224 valence electrons. The summed E-state index contributed by atoms with van der Waals surface area (Å²) in [6, 6.07) is 3.70. The molecule has 2 heterocycles. The molecule has 2 atom stereocenters. The molecule has 0 aliphatic carbocycles. The SMILES string of the molecule is C=C1NC(=O)c2cccc(n2)CNC(=O)C[C@@H](/C=C/CCSC(=O)CCCCCCC)OC(=O)[C@H](C(C)C)NC1=O. The Morgan fingerprint density at radius 3 is 2.63 bits per heavy atom. The number of nitrogens with one attached hydrogen (secondary N) is 3. The first-order chi connectivity index (χ1) is 19.6. The molecule has 1 aliphatic rings. The number of esters is 1. The van der Waals surface area contributed by atoms with E-state index in [0.29, 0.717) is 24.3 Å². The van der Waals surface area contributed by atoms with Crippen LogP contribution in [0.1, 0.15) is 88.3 Å². The van der Waals surface area contributed by atoms with Gasteiger partial charge in [0.05, 0.1) is 24.4 Å². The molecule has 11 heteroatoms. The second-order valence-electron chi connectivity index (χ2n) is 10.2. The zero-order valence-electron chi connectivity index (χ0n) is 24.2. The molecule has 0 radical (unpaired) electrons. The number of ether oxygens (including phenoxy) is 1. The van der Waals surface area contributed by atoms with Crippen LogP contribution < -0.4 is 16.0 Å². The normalized spacial score (nSPS) is 19.1. The van der Waals surface area contributed by atoms with Crippen molar-refractivity contribution in [1.82, 2.24) is 20.9 Å². The van der Waals surface area contributed by atoms with E-state index in [2.05, 4.69) is 34.4 Å². The average Bonchev–Trinajstić information content (AvgIpc) is 2.93. The third-order valence-electron chi connectivity index (χ3n) is 6.29. The zero-order chi connectivity index (χ0) is 30.2. The topological polar surface area (TPSA) is 144 Å². The Labute approximate surface area is 246 Å². The summed E-state index contributed by atoms with van der Waals surface area (Å²) < 4.78 is 5.65. The fourth-order valence-electron chi connectivity index (χ4n) is 3.94. The average molecular weight is 587 g/mol. The van der Waals surface area contributed by atoms with Crippen molar-refractivity contribution in [3.8, 4) is 0 Å². The largest absolute Gasteiger partial charge is 0.456 e. The van der Waals surface area contributed by atoms with Crippen LogP contribution in [0.15, 0.2) is 42.6 Å². The summed E-state index contributed by atoms with van der Waals surface area (Å²) in [6.07, 6.45) is 8.98. The van der Waals surface area contributed by atoms with Crippen LogP contribution in [0.3, 0.4) is 0 Å². The van der Waals surface area contributed by atoms with E-state index >= 15 is 0 Å². The number of hydrogen-bond donors (Lipinski definition) is 3. The molecule has 2 rings (SSSR count). The molecule has 3 N–H and O–H groups in total. The van der Waals surface area contributed by atoms with Gasteiger partial charge in [-0.3, -0.25) is 19.2 Å². The second-order valence-corrected chi connectivity index (χ2v) is 11.4. The number of allylic oxidation sites excluding steroid dienone is 1. The van der Waals surface area contributed by atoms with Gasteiger partial charge in [-0.25, -0.2) is 9.78 Å². The number of fused-ring (bicyclic) bond motifs is 2. The van der Waals surface area contributed by atoms with Gasteiger partial charge in [0, 0.05) is 12.2 Å². The molecule has 0 unspecified atom stereocenters. The molecule has 0 fully saturated rings. The third kappa shape index (κ3) is 12.7. The first-order valence-electron chi connectivity index (χ1n) is 14.2. The lowest BCUT2D eigenvalue weighted by molar-refractivity contribution is -0.153. The highest BCUT2D eigenvalue weighted by molar-refractivity contribution is 8.13. The number of aromatic nitrogens is 1. The molecule has 41 heavy (non-hydrogen) atoms. The van der Waals surface area contributed by atoms with Crippen LogP contribution in [0.2, 0.25) is 0 Å². The summed E-state index contributed by atoms with van der Waals surface area (Å²) in [5.41, 5.74) is 0.237. The lowest BCUT2D eigenvalue weighted by atomic mass is 10.0. The Morgan fingerprint density at radius 2 is 1.90 bits per heavy atom. The Morgan fingerprint density at radius 1 is 1.15 bits per heavy atom. The number of unbranched alkanes of at least 4 members (excludes halogenated alkanes) is 4. The molecule has 0 spiro atoms. The first-order valence-corrected chi connectivity index (χ1v) is 15.2. The maximum atomic E-state index is 13.1.